The van der Waals surface area contributed by atoms with E-state index in [-0.39, 0.29) is 5.54 Å². The molecule has 2 nitrogen and oxygen atoms in total. The maximum absolute atomic E-state index is 5.98. The number of ether oxygens (including phenoxy) is 1. The van der Waals surface area contributed by atoms with Gasteiger partial charge in [0.1, 0.15) is 0 Å². The Morgan fingerprint density at radius 2 is 2.06 bits per heavy atom. The van der Waals surface area contributed by atoms with E-state index in [1.165, 1.54) is 0 Å². The molecule has 1 aromatic rings. The van der Waals surface area contributed by atoms with Crippen LogP contribution < -0.4 is 5.32 Å². The quantitative estimate of drug-likeness (QED) is 0.631. The molecule has 1 rings (SSSR count). The minimum atomic E-state index is 0.000394. The predicted octanol–water partition coefficient (Wildman–Crippen LogP) is 3.95. The molecule has 4 heteroatoms. The highest BCUT2D eigenvalue weighted by Gasteiger charge is 2.12. The molecular formula is C12H18ClNOS. The zero-order valence-electron chi connectivity index (χ0n) is 9.88. The average molecular weight is 260 g/mol. The number of thiol groups is 1. The van der Waals surface area contributed by atoms with E-state index in [2.05, 4.69) is 38.7 Å². The molecule has 0 aliphatic carbocycles. The molecule has 0 bridgehead atoms. The van der Waals surface area contributed by atoms with Gasteiger partial charge < -0.3 is 10.1 Å². The molecule has 16 heavy (non-hydrogen) atoms. The molecule has 0 spiro atoms. The van der Waals surface area contributed by atoms with Crippen molar-refractivity contribution in [2.45, 2.75) is 32.9 Å². The first-order valence-corrected chi connectivity index (χ1v) is 6.18. The monoisotopic (exact) mass is 259 g/mol. The smallest absolute Gasteiger partial charge is 0.0897 e. The Bertz CT molecular complexity index is 349. The van der Waals surface area contributed by atoms with Gasteiger partial charge in [-0.05, 0) is 32.9 Å². The number of hydrogen-bond acceptors (Lipinski definition) is 3. The molecule has 0 fully saturated rings. The minimum Gasteiger partial charge on any atom is -0.380 e. The molecule has 0 atom stereocenters. The van der Waals surface area contributed by atoms with Gasteiger partial charge in [0.05, 0.1) is 12.5 Å². The second-order valence-corrected chi connectivity index (χ2v) is 5.35. The van der Waals surface area contributed by atoms with Crippen molar-refractivity contribution in [3.8, 4) is 0 Å². The van der Waals surface area contributed by atoms with Gasteiger partial charge in [0, 0.05) is 21.8 Å². The van der Waals surface area contributed by atoms with Gasteiger partial charge >= 0.3 is 0 Å². The largest absolute Gasteiger partial charge is 0.380 e. The molecule has 0 aromatic heterocycles. The van der Waals surface area contributed by atoms with Crippen molar-refractivity contribution in [1.82, 2.24) is 0 Å². The Balaban J connectivity index is 2.89. The van der Waals surface area contributed by atoms with E-state index < -0.39 is 0 Å². The van der Waals surface area contributed by atoms with Crippen LogP contribution in [0.1, 0.15) is 26.3 Å². The Labute approximate surface area is 108 Å². The molecule has 0 saturated heterocycles. The lowest BCUT2D eigenvalue weighted by Crippen LogP contribution is -2.26. The highest BCUT2D eigenvalue weighted by atomic mass is 35.5. The molecule has 0 radical (unpaired) electrons. The molecule has 0 aliphatic heterocycles. The molecule has 90 valence electrons. The van der Waals surface area contributed by atoms with Crippen molar-refractivity contribution in [3.05, 3.63) is 28.8 Å². The summed E-state index contributed by atoms with van der Waals surface area (Å²) in [6.07, 6.45) is 0. The third-order valence-corrected chi connectivity index (χ3v) is 2.35. The van der Waals surface area contributed by atoms with Gasteiger partial charge in [-0.15, -0.1) is 0 Å². The topological polar surface area (TPSA) is 21.3 Å². The van der Waals surface area contributed by atoms with Gasteiger partial charge in [-0.3, -0.25) is 0 Å². The van der Waals surface area contributed by atoms with E-state index >= 15 is 0 Å². The summed E-state index contributed by atoms with van der Waals surface area (Å²) in [5.74, 6) is 0.414. The summed E-state index contributed by atoms with van der Waals surface area (Å²) in [6.45, 7) is 6.87. The fourth-order valence-electron chi connectivity index (χ4n) is 1.35. The van der Waals surface area contributed by atoms with Crippen LogP contribution in [0, 0.1) is 0 Å². The van der Waals surface area contributed by atoms with E-state index in [1.807, 2.05) is 18.2 Å². The second kappa shape index (κ2) is 5.80. The first-order valence-electron chi connectivity index (χ1n) is 5.17. The number of nitrogens with one attached hydrogen (secondary N) is 1. The van der Waals surface area contributed by atoms with Gasteiger partial charge in [-0.25, -0.2) is 0 Å². The summed E-state index contributed by atoms with van der Waals surface area (Å²) < 4.78 is 5.30. The van der Waals surface area contributed by atoms with Crippen molar-refractivity contribution < 1.29 is 4.74 Å². The number of rotatable bonds is 4. The number of halogens is 1. The van der Waals surface area contributed by atoms with E-state index in [1.54, 1.807) is 0 Å². The first kappa shape index (κ1) is 13.7. The standard InChI is InChI=1S/C12H18ClNOS/c1-12(2,3)14-11-6-10(13)5-4-9(11)7-15-8-16/h4-6,14,16H,7-8H2,1-3H3. The summed E-state index contributed by atoms with van der Waals surface area (Å²) in [5, 5.41) is 4.13. The third-order valence-electron chi connectivity index (χ3n) is 1.93. The molecule has 0 unspecified atom stereocenters. The van der Waals surface area contributed by atoms with Crippen LogP contribution in [0.2, 0.25) is 5.02 Å². The lowest BCUT2D eigenvalue weighted by molar-refractivity contribution is 0.170. The molecule has 0 heterocycles. The Morgan fingerprint density at radius 1 is 1.38 bits per heavy atom. The maximum atomic E-state index is 5.98. The van der Waals surface area contributed by atoms with Gasteiger partial charge in [-0.1, -0.05) is 17.7 Å². The SMILES string of the molecule is CC(C)(C)Nc1cc(Cl)ccc1COCS. The van der Waals surface area contributed by atoms with Crippen molar-refractivity contribution in [1.29, 1.82) is 0 Å². The maximum Gasteiger partial charge on any atom is 0.0897 e. The summed E-state index contributed by atoms with van der Waals surface area (Å²) in [7, 11) is 0. The number of hydrogen-bond donors (Lipinski definition) is 2. The average Bonchev–Trinajstić information content (AvgIpc) is 2.14. The van der Waals surface area contributed by atoms with E-state index in [0.29, 0.717) is 12.5 Å². The van der Waals surface area contributed by atoms with Crippen LogP contribution in [0.25, 0.3) is 0 Å². The first-order chi connectivity index (χ1) is 7.42. The summed E-state index contributed by atoms with van der Waals surface area (Å²) in [6, 6.07) is 5.76. The van der Waals surface area contributed by atoms with Crippen molar-refractivity contribution in [2.24, 2.45) is 0 Å². The van der Waals surface area contributed by atoms with Gasteiger partial charge in [0.25, 0.3) is 0 Å². The number of anilines is 1. The molecule has 1 aromatic carbocycles. The summed E-state index contributed by atoms with van der Waals surface area (Å²) in [5.41, 5.74) is 2.11. The van der Waals surface area contributed by atoms with Crippen LogP contribution in [0.5, 0.6) is 0 Å². The fourth-order valence-corrected chi connectivity index (χ4v) is 1.61. The van der Waals surface area contributed by atoms with Crippen LogP contribution in [-0.2, 0) is 11.3 Å². The zero-order valence-corrected chi connectivity index (χ0v) is 11.5. The van der Waals surface area contributed by atoms with Crippen molar-refractivity contribution >= 4 is 29.9 Å². The second-order valence-electron chi connectivity index (χ2n) is 4.65. The third kappa shape index (κ3) is 4.64. The number of benzene rings is 1. The zero-order chi connectivity index (χ0) is 12.2. The highest BCUT2D eigenvalue weighted by molar-refractivity contribution is 7.80. The molecular weight excluding hydrogens is 242 g/mol. The minimum absolute atomic E-state index is 0.000394. The molecule has 1 N–H and O–H groups in total. The Hall–Kier alpha value is -0.380. The lowest BCUT2D eigenvalue weighted by Gasteiger charge is -2.24. The van der Waals surface area contributed by atoms with Gasteiger partial charge in [0.15, 0.2) is 0 Å². The van der Waals surface area contributed by atoms with E-state index in [4.69, 9.17) is 16.3 Å². The molecule has 0 amide bonds. The molecule has 0 saturated carbocycles. The van der Waals surface area contributed by atoms with Crippen LogP contribution >= 0.6 is 24.2 Å². The predicted molar refractivity (Wildman–Crippen MR) is 73.5 cm³/mol. The summed E-state index contributed by atoms with van der Waals surface area (Å²) >= 11 is 10.0. The van der Waals surface area contributed by atoms with Crippen molar-refractivity contribution in [2.75, 3.05) is 11.3 Å². The van der Waals surface area contributed by atoms with E-state index in [9.17, 15) is 0 Å². The van der Waals surface area contributed by atoms with Gasteiger partial charge in [-0.2, -0.15) is 12.6 Å². The van der Waals surface area contributed by atoms with Crippen LogP contribution in [0.3, 0.4) is 0 Å². The Morgan fingerprint density at radius 3 is 2.62 bits per heavy atom. The lowest BCUT2D eigenvalue weighted by atomic mass is 10.1. The highest BCUT2D eigenvalue weighted by Crippen LogP contribution is 2.24. The van der Waals surface area contributed by atoms with Crippen LogP contribution in [0.15, 0.2) is 18.2 Å². The van der Waals surface area contributed by atoms with Crippen LogP contribution in [0.4, 0.5) is 5.69 Å². The van der Waals surface area contributed by atoms with Gasteiger partial charge in [0.2, 0.25) is 0 Å². The normalized spacial score (nSPS) is 11.6. The summed E-state index contributed by atoms with van der Waals surface area (Å²) in [4.78, 5) is 0. The Kier molecular flexibility index (Phi) is 4.96. The van der Waals surface area contributed by atoms with Crippen LogP contribution in [-0.4, -0.2) is 11.5 Å². The van der Waals surface area contributed by atoms with E-state index in [0.717, 1.165) is 16.3 Å². The molecule has 0 aliphatic rings. The fraction of sp³-hybridized carbons (Fsp3) is 0.500. The van der Waals surface area contributed by atoms with Crippen molar-refractivity contribution in [3.63, 3.8) is 0 Å².